The van der Waals surface area contributed by atoms with E-state index in [1.54, 1.807) is 12.2 Å². The van der Waals surface area contributed by atoms with Gasteiger partial charge in [-0.25, -0.2) is 9.18 Å². The molecule has 1 aromatic rings. The fraction of sp³-hybridized carbons (Fsp3) is 0.450. The number of halogens is 1. The van der Waals surface area contributed by atoms with Gasteiger partial charge < -0.3 is 31.2 Å². The lowest BCUT2D eigenvalue weighted by Crippen LogP contribution is -2.71. The van der Waals surface area contributed by atoms with Crippen LogP contribution in [0, 0.1) is 0 Å². The van der Waals surface area contributed by atoms with Gasteiger partial charge in [0, 0.05) is 17.3 Å². The van der Waals surface area contributed by atoms with Gasteiger partial charge in [0.05, 0.1) is 20.1 Å². The number of alkyl halides is 1. The van der Waals surface area contributed by atoms with Gasteiger partial charge >= 0.3 is 5.97 Å². The number of hydrogen-bond donors (Lipinski definition) is 4. The molecule has 0 bridgehead atoms. The Hall–Kier alpha value is -3.57. The van der Waals surface area contributed by atoms with Crippen molar-refractivity contribution < 1.29 is 38.0 Å². The maximum Gasteiger partial charge on any atom is 0.352 e. The summed E-state index contributed by atoms with van der Waals surface area (Å²) in [6.45, 7) is 1.78. The van der Waals surface area contributed by atoms with E-state index in [0.717, 1.165) is 16.4 Å². The lowest BCUT2D eigenvalue weighted by molar-refractivity contribution is -0.894. The Labute approximate surface area is 218 Å². The second kappa shape index (κ2) is 11.7. The highest BCUT2D eigenvalue weighted by atomic mass is 32.2. The number of thioether (sulfide) groups is 1. The van der Waals surface area contributed by atoms with Crippen molar-refractivity contribution >= 4 is 57.8 Å². The summed E-state index contributed by atoms with van der Waals surface area (Å²) in [6, 6.07) is -1.07. The Bertz CT molecular complexity index is 1190. The van der Waals surface area contributed by atoms with Crippen molar-refractivity contribution in [1.82, 2.24) is 19.6 Å². The summed E-state index contributed by atoms with van der Waals surface area (Å²) >= 11 is 2.04. The number of amides is 3. The van der Waals surface area contributed by atoms with E-state index in [1.807, 2.05) is 14.0 Å². The zero-order chi connectivity index (χ0) is 27.3. The van der Waals surface area contributed by atoms with Gasteiger partial charge in [-0.1, -0.05) is 11.2 Å². The molecular weight excluding hydrogens is 531 g/mol. The maximum absolute atomic E-state index is 12.9. The van der Waals surface area contributed by atoms with Crippen LogP contribution in [0.25, 0.3) is 0 Å². The van der Waals surface area contributed by atoms with Crippen LogP contribution in [0.3, 0.4) is 0 Å². The average molecular weight is 558 g/mol. The molecule has 3 amide bonds. The summed E-state index contributed by atoms with van der Waals surface area (Å²) in [7, 11) is 1.85. The van der Waals surface area contributed by atoms with E-state index >= 15 is 0 Å². The highest BCUT2D eigenvalue weighted by Crippen LogP contribution is 2.40. The standard InChI is InChI=1S/C20H25FN8O6S2/c1-3-29(2,7-11(22)30)6-4-5-10-8-36-18-13(17(32)28(18)14(10)19(33)34)24-16(31)12(26-35-9-21)15-25-20(23)37-27-15/h4-5,13,18H,3,6-9H2,1-2H3,(H5-,22,23,24,25,27,30,31,33,34)/p+1. The number of carbonyl (C=O) groups excluding carboxylic acids is 3. The van der Waals surface area contributed by atoms with E-state index in [-0.39, 0.29) is 29.0 Å². The largest absolute Gasteiger partial charge is 0.477 e. The minimum absolute atomic E-state index is 0.0361. The Morgan fingerprint density at radius 1 is 1.43 bits per heavy atom. The summed E-state index contributed by atoms with van der Waals surface area (Å²) in [4.78, 5) is 58.4. The van der Waals surface area contributed by atoms with Gasteiger partial charge in [0.25, 0.3) is 24.6 Å². The Morgan fingerprint density at radius 2 is 2.16 bits per heavy atom. The number of nitrogens with one attached hydrogen (secondary N) is 1. The number of carboxylic acid groups (broad SMARTS) is 1. The third-order valence-corrected chi connectivity index (χ3v) is 7.57. The number of β-lactam (4-membered cyclic amide) rings is 1. The molecule has 0 saturated carbocycles. The lowest BCUT2D eigenvalue weighted by Gasteiger charge is -2.49. The van der Waals surface area contributed by atoms with E-state index in [4.69, 9.17) is 11.5 Å². The number of nitrogen functional groups attached to an aromatic ring is 1. The first kappa shape index (κ1) is 28.0. The third kappa shape index (κ3) is 6.23. The number of likely N-dealkylation sites (N-methyl/N-ethyl adjacent to an activating group) is 1. The molecule has 1 fully saturated rings. The van der Waals surface area contributed by atoms with E-state index in [0.29, 0.717) is 23.1 Å². The molecule has 6 N–H and O–H groups in total. The number of oxime groups is 1. The van der Waals surface area contributed by atoms with Crippen molar-refractivity contribution in [3.05, 3.63) is 29.2 Å². The molecule has 200 valence electrons. The number of aromatic nitrogens is 2. The van der Waals surface area contributed by atoms with Crippen molar-refractivity contribution in [3.8, 4) is 0 Å². The van der Waals surface area contributed by atoms with Crippen molar-refractivity contribution in [1.29, 1.82) is 0 Å². The van der Waals surface area contributed by atoms with Gasteiger partial charge in [0.1, 0.15) is 17.1 Å². The summed E-state index contributed by atoms with van der Waals surface area (Å²) in [5, 5.41) is 15.0. The minimum atomic E-state index is -1.31. The first-order valence-electron chi connectivity index (χ1n) is 10.9. The molecule has 3 heterocycles. The molecule has 0 spiro atoms. The molecule has 1 saturated heterocycles. The molecule has 37 heavy (non-hydrogen) atoms. The Morgan fingerprint density at radius 3 is 2.73 bits per heavy atom. The van der Waals surface area contributed by atoms with Crippen LogP contribution in [-0.4, -0.2) is 104 Å². The summed E-state index contributed by atoms with van der Waals surface area (Å²) in [5.74, 6) is -3.26. The normalized spacial score (nSPS) is 21.3. The fourth-order valence-corrected chi connectivity index (χ4v) is 5.47. The third-order valence-electron chi connectivity index (χ3n) is 5.73. The monoisotopic (exact) mass is 557 g/mol. The number of anilines is 1. The highest BCUT2D eigenvalue weighted by Gasteiger charge is 2.54. The SMILES string of the molecule is CC[N+](C)(CC=CC1=C(C(=O)O)N2C(=O)C(NC(=O)C(=NOCF)c3nsc(N)n3)C2SC1)CC(N)=O. The van der Waals surface area contributed by atoms with Crippen LogP contribution < -0.4 is 16.8 Å². The van der Waals surface area contributed by atoms with Crippen molar-refractivity contribution in [2.24, 2.45) is 10.9 Å². The number of aliphatic carboxylic acids is 1. The van der Waals surface area contributed by atoms with Gasteiger partial charge in [-0.2, -0.15) is 9.36 Å². The number of rotatable bonds is 12. The molecule has 2 aliphatic heterocycles. The zero-order valence-electron chi connectivity index (χ0n) is 19.9. The van der Waals surface area contributed by atoms with Gasteiger partial charge in [0.2, 0.25) is 11.5 Å². The minimum Gasteiger partial charge on any atom is -0.477 e. The van der Waals surface area contributed by atoms with E-state index in [1.165, 1.54) is 11.8 Å². The molecule has 14 nitrogen and oxygen atoms in total. The molecule has 17 heteroatoms. The van der Waals surface area contributed by atoms with Crippen molar-refractivity contribution in [3.63, 3.8) is 0 Å². The van der Waals surface area contributed by atoms with Crippen molar-refractivity contribution in [2.45, 2.75) is 18.3 Å². The summed E-state index contributed by atoms with van der Waals surface area (Å²) in [5.41, 5.74) is 10.6. The molecule has 3 rings (SSSR count). The quantitative estimate of drug-likeness (QED) is 0.107. The Balaban J connectivity index is 1.76. The number of quaternary nitrogens is 1. The first-order valence-corrected chi connectivity index (χ1v) is 12.7. The number of nitrogens with two attached hydrogens (primary N) is 2. The molecule has 0 radical (unpaired) electrons. The second-order valence-electron chi connectivity index (χ2n) is 8.32. The molecule has 3 atom stereocenters. The molecule has 0 aliphatic carbocycles. The summed E-state index contributed by atoms with van der Waals surface area (Å²) < 4.78 is 16.7. The van der Waals surface area contributed by atoms with Crippen LogP contribution >= 0.6 is 23.3 Å². The van der Waals surface area contributed by atoms with E-state index in [2.05, 4.69) is 24.7 Å². The molecule has 1 aromatic heterocycles. The number of allylic oxidation sites excluding steroid dienone is 1. The average Bonchev–Trinajstić information content (AvgIpc) is 3.27. The number of primary amides is 1. The van der Waals surface area contributed by atoms with Crippen LogP contribution in [0.5, 0.6) is 0 Å². The molecule has 2 aliphatic rings. The van der Waals surface area contributed by atoms with Crippen LogP contribution in [0.15, 0.2) is 28.6 Å². The number of fused-ring (bicyclic) bond motifs is 1. The van der Waals surface area contributed by atoms with Crippen molar-refractivity contribution in [2.75, 3.05) is 45.0 Å². The first-order chi connectivity index (χ1) is 17.5. The van der Waals surface area contributed by atoms with Crippen LogP contribution in [0.1, 0.15) is 12.7 Å². The molecule has 0 aromatic carbocycles. The predicted octanol–water partition coefficient (Wildman–Crippen LogP) is -0.985. The Kier molecular flexibility index (Phi) is 8.82. The molecule has 3 unspecified atom stereocenters. The van der Waals surface area contributed by atoms with Crippen LogP contribution in [-0.2, 0) is 24.0 Å². The second-order valence-corrected chi connectivity index (χ2v) is 10.2. The number of carbonyl (C=O) groups is 4. The van der Waals surface area contributed by atoms with Gasteiger partial charge in [-0.3, -0.25) is 19.3 Å². The fourth-order valence-electron chi connectivity index (χ4n) is 3.72. The topological polar surface area (TPSA) is 203 Å². The zero-order valence-corrected chi connectivity index (χ0v) is 21.6. The van der Waals surface area contributed by atoms with E-state index in [9.17, 15) is 28.7 Å². The molecular formula is C20H26FN8O6S2+. The smallest absolute Gasteiger partial charge is 0.352 e. The number of carboxylic acids is 1. The highest BCUT2D eigenvalue weighted by molar-refractivity contribution is 8.00. The number of nitrogens with zero attached hydrogens (tertiary/aromatic N) is 5. The lowest BCUT2D eigenvalue weighted by atomic mass is 10.0. The van der Waals surface area contributed by atoms with Crippen LogP contribution in [0.2, 0.25) is 0 Å². The summed E-state index contributed by atoms with van der Waals surface area (Å²) in [6.07, 6.45) is 3.37. The predicted molar refractivity (Wildman–Crippen MR) is 132 cm³/mol. The number of hydrogen-bond acceptors (Lipinski definition) is 11. The van der Waals surface area contributed by atoms with Gasteiger partial charge in [-0.15, -0.1) is 11.8 Å². The van der Waals surface area contributed by atoms with E-state index < -0.39 is 47.7 Å². The van der Waals surface area contributed by atoms with Crippen LogP contribution in [0.4, 0.5) is 9.52 Å². The van der Waals surface area contributed by atoms with Gasteiger partial charge in [0.15, 0.2) is 11.7 Å². The van der Waals surface area contributed by atoms with Gasteiger partial charge in [-0.05, 0) is 18.6 Å². The maximum atomic E-state index is 12.9.